The van der Waals surface area contributed by atoms with Gasteiger partial charge in [-0.2, -0.15) is 0 Å². The zero-order valence-corrected chi connectivity index (χ0v) is 9.07. The molecule has 2 heteroatoms. The van der Waals surface area contributed by atoms with Crippen molar-refractivity contribution in [2.75, 3.05) is 5.32 Å². The molecule has 56 valence electrons. The van der Waals surface area contributed by atoms with E-state index in [-0.39, 0.29) is 0 Å². The first kappa shape index (κ1) is 7.24. The summed E-state index contributed by atoms with van der Waals surface area (Å²) in [5, 5.41) is 3.41. The summed E-state index contributed by atoms with van der Waals surface area (Å²) >= 11 is 1.56. The molecule has 11 heavy (non-hydrogen) atoms. The molecule has 0 aromatic heterocycles. The molecule has 0 spiro atoms. The molecule has 0 saturated heterocycles. The van der Waals surface area contributed by atoms with Crippen molar-refractivity contribution in [1.82, 2.24) is 0 Å². The number of fused-ring (bicyclic) bond motifs is 1. The Morgan fingerprint density at radius 2 is 2.00 bits per heavy atom. The number of hydrogen-bond acceptors (Lipinski definition) is 1. The van der Waals surface area contributed by atoms with Crippen molar-refractivity contribution in [3.63, 3.8) is 0 Å². The van der Waals surface area contributed by atoms with Crippen LogP contribution in [0.2, 0.25) is 0 Å². The van der Waals surface area contributed by atoms with Gasteiger partial charge < -0.3 is 0 Å². The fourth-order valence-electron chi connectivity index (χ4n) is 1.32. The minimum absolute atomic E-state index is 1.21. The molecule has 1 nitrogen and oxygen atoms in total. The minimum atomic E-state index is 1.21. The van der Waals surface area contributed by atoms with Crippen LogP contribution in [0.5, 0.6) is 0 Å². The van der Waals surface area contributed by atoms with Crippen LogP contribution >= 0.6 is 0 Å². The van der Waals surface area contributed by atoms with E-state index in [9.17, 15) is 0 Å². The third-order valence-electron chi connectivity index (χ3n) is 1.91. The van der Waals surface area contributed by atoms with Crippen LogP contribution in [-0.2, 0) is 25.8 Å². The molecular weight excluding hydrogens is 306 g/mol. The fraction of sp³-hybridized carbons (Fsp3) is 0.222. The van der Waals surface area contributed by atoms with Crippen molar-refractivity contribution < 1.29 is 19.4 Å². The molecule has 0 aliphatic carbocycles. The summed E-state index contributed by atoms with van der Waals surface area (Å²) in [4.78, 5) is 0. The van der Waals surface area contributed by atoms with Crippen molar-refractivity contribution in [2.45, 2.75) is 12.8 Å². The second-order valence-corrected chi connectivity index (χ2v) is 4.48. The zero-order valence-electron chi connectivity index (χ0n) is 6.13. The molecule has 1 aliphatic rings. The monoisotopic (exact) mass is 315 g/mol. The zero-order chi connectivity index (χ0) is 7.68. The predicted octanol–water partition coefficient (Wildman–Crippen LogP) is 1.72. The third kappa shape index (κ3) is 1.44. The number of nitrogens with one attached hydrogen (secondary N) is 1. The molecule has 0 unspecified atom stereocenters. The van der Waals surface area contributed by atoms with E-state index < -0.39 is 0 Å². The Kier molecular flexibility index (Phi) is 1.91. The first-order valence-electron chi connectivity index (χ1n) is 3.74. The number of aryl methyl sites for hydroxylation is 1. The Morgan fingerprint density at radius 3 is 2.91 bits per heavy atom. The van der Waals surface area contributed by atoms with Crippen LogP contribution in [0.25, 0.3) is 0 Å². The van der Waals surface area contributed by atoms with Crippen molar-refractivity contribution in [3.8, 4) is 0 Å². The maximum absolute atomic E-state index is 3.41. The van der Waals surface area contributed by atoms with E-state index in [0.717, 1.165) is 0 Å². The summed E-state index contributed by atoms with van der Waals surface area (Å²) < 4.78 is 1.46. The molecule has 2 rings (SSSR count). The molecule has 0 bridgehead atoms. The summed E-state index contributed by atoms with van der Waals surface area (Å²) in [5.41, 5.74) is 2.77. The van der Waals surface area contributed by atoms with Crippen molar-refractivity contribution in [1.29, 1.82) is 0 Å². The van der Waals surface area contributed by atoms with E-state index in [0.29, 0.717) is 0 Å². The maximum atomic E-state index is 3.41. The van der Waals surface area contributed by atoms with Crippen LogP contribution in [0.15, 0.2) is 24.3 Å². The molecule has 0 saturated carbocycles. The standard InChI is InChI=1S/C9H9N.W/c1-2-6-9-8(4-1)5-3-7-10-9;/h1-2,4,6,10H,3,5H2;. The molecule has 0 atom stereocenters. The first-order valence-corrected chi connectivity index (χ1v) is 5.21. The SMILES string of the molecule is [W]=[C]1CCc2ccccc2N1. The number of anilines is 1. The van der Waals surface area contributed by atoms with Crippen molar-refractivity contribution in [2.24, 2.45) is 0 Å². The van der Waals surface area contributed by atoms with Gasteiger partial charge in [0.15, 0.2) is 0 Å². The summed E-state index contributed by atoms with van der Waals surface area (Å²) in [6, 6.07) is 8.54. The summed E-state index contributed by atoms with van der Waals surface area (Å²) in [6.45, 7) is 0. The second-order valence-electron chi connectivity index (χ2n) is 2.71. The van der Waals surface area contributed by atoms with Gasteiger partial charge in [-0.1, -0.05) is 0 Å². The number of para-hydroxylation sites is 1. The van der Waals surface area contributed by atoms with Crippen molar-refractivity contribution >= 4 is 9.71 Å². The fourth-order valence-corrected chi connectivity index (χ4v) is 2.08. The van der Waals surface area contributed by atoms with Gasteiger partial charge in [0.25, 0.3) is 0 Å². The Hall–Kier alpha value is -0.422. The Balaban J connectivity index is 2.41. The Morgan fingerprint density at radius 1 is 1.18 bits per heavy atom. The predicted molar refractivity (Wildman–Crippen MR) is 43.4 cm³/mol. The van der Waals surface area contributed by atoms with Gasteiger partial charge >= 0.3 is 77.0 Å². The molecule has 0 radical (unpaired) electrons. The van der Waals surface area contributed by atoms with Gasteiger partial charge in [-0.3, -0.25) is 0 Å². The molecule has 1 aromatic rings. The summed E-state index contributed by atoms with van der Waals surface area (Å²) in [5.74, 6) is 0. The van der Waals surface area contributed by atoms with E-state index >= 15 is 0 Å². The van der Waals surface area contributed by atoms with Gasteiger partial charge in [-0.15, -0.1) is 0 Å². The number of hydrogen-bond donors (Lipinski definition) is 1. The van der Waals surface area contributed by atoms with Crippen LogP contribution in [0, 0.1) is 0 Å². The van der Waals surface area contributed by atoms with Crippen LogP contribution in [-0.4, -0.2) is 4.02 Å². The van der Waals surface area contributed by atoms with Gasteiger partial charge in [-0.25, -0.2) is 0 Å². The van der Waals surface area contributed by atoms with Gasteiger partial charge in [-0.05, 0) is 0 Å². The van der Waals surface area contributed by atoms with Gasteiger partial charge in [0.2, 0.25) is 0 Å². The van der Waals surface area contributed by atoms with Crippen molar-refractivity contribution in [3.05, 3.63) is 29.8 Å². The number of rotatable bonds is 0. The Bertz CT molecular complexity index is 293. The molecule has 0 fully saturated rings. The van der Waals surface area contributed by atoms with E-state index in [4.69, 9.17) is 0 Å². The van der Waals surface area contributed by atoms with Gasteiger partial charge in [0.1, 0.15) is 0 Å². The Labute approximate surface area is 77.2 Å². The molecule has 1 N–H and O–H groups in total. The second kappa shape index (κ2) is 2.90. The molecule has 0 amide bonds. The van der Waals surface area contributed by atoms with Gasteiger partial charge in [0, 0.05) is 0 Å². The van der Waals surface area contributed by atoms with Crippen LogP contribution in [0.1, 0.15) is 12.0 Å². The van der Waals surface area contributed by atoms with E-state index in [1.165, 1.54) is 28.1 Å². The van der Waals surface area contributed by atoms with Crippen LogP contribution in [0.3, 0.4) is 0 Å². The van der Waals surface area contributed by atoms with E-state index in [1.54, 1.807) is 19.4 Å². The molecular formula is C9H9NW. The summed E-state index contributed by atoms with van der Waals surface area (Å²) in [7, 11) is 0. The van der Waals surface area contributed by atoms with Crippen LogP contribution < -0.4 is 5.32 Å². The number of benzene rings is 1. The first-order chi connectivity index (χ1) is 5.36. The van der Waals surface area contributed by atoms with E-state index in [2.05, 4.69) is 29.6 Å². The van der Waals surface area contributed by atoms with E-state index in [1.807, 2.05) is 0 Å². The third-order valence-corrected chi connectivity index (χ3v) is 3.01. The van der Waals surface area contributed by atoms with Gasteiger partial charge in [0.05, 0.1) is 0 Å². The summed E-state index contributed by atoms with van der Waals surface area (Å²) in [6.07, 6.45) is 2.42. The molecule has 1 heterocycles. The average Bonchev–Trinajstić information content (AvgIpc) is 2.04. The average molecular weight is 315 g/mol. The molecule has 1 aromatic carbocycles. The topological polar surface area (TPSA) is 12.0 Å². The normalized spacial score (nSPS) is 15.5. The van der Waals surface area contributed by atoms with Crippen LogP contribution in [0.4, 0.5) is 5.69 Å². The quantitative estimate of drug-likeness (QED) is 0.769. The molecule has 1 aliphatic heterocycles.